The summed E-state index contributed by atoms with van der Waals surface area (Å²) in [7, 11) is 1.58. The van der Waals surface area contributed by atoms with Crippen LogP contribution in [0, 0.1) is 0 Å². The predicted octanol–water partition coefficient (Wildman–Crippen LogP) is 2.22. The monoisotopic (exact) mass is 411 g/mol. The highest BCUT2D eigenvalue weighted by molar-refractivity contribution is 7.98. The first-order chi connectivity index (χ1) is 14.1. The van der Waals surface area contributed by atoms with Crippen LogP contribution in [0.25, 0.3) is 0 Å². The number of ether oxygens (including phenoxy) is 1. The van der Waals surface area contributed by atoms with E-state index in [9.17, 15) is 9.59 Å². The molecule has 0 radical (unpaired) electrons. The molecular formula is C20H21N5O3S. The van der Waals surface area contributed by atoms with Crippen molar-refractivity contribution in [3.8, 4) is 5.75 Å². The molecule has 0 unspecified atom stereocenters. The van der Waals surface area contributed by atoms with E-state index < -0.39 is 6.04 Å². The van der Waals surface area contributed by atoms with Gasteiger partial charge in [0.05, 0.1) is 19.7 Å². The number of anilines is 1. The summed E-state index contributed by atoms with van der Waals surface area (Å²) in [5.41, 5.74) is 4.14. The average Bonchev–Trinajstić information content (AvgIpc) is 3.07. The Bertz CT molecular complexity index is 961. The number of amides is 2. The Balaban J connectivity index is 1.56. The molecule has 2 aromatic carbocycles. The zero-order valence-corrected chi connectivity index (χ0v) is 16.8. The van der Waals surface area contributed by atoms with E-state index in [0.717, 1.165) is 10.5 Å². The van der Waals surface area contributed by atoms with Crippen LogP contribution >= 0.6 is 11.8 Å². The number of methoxy groups -OCH3 is 1. The molecule has 1 atom stereocenters. The fourth-order valence-corrected chi connectivity index (χ4v) is 3.13. The topological polar surface area (TPSA) is 104 Å². The van der Waals surface area contributed by atoms with Gasteiger partial charge in [0, 0.05) is 16.1 Å². The van der Waals surface area contributed by atoms with Crippen molar-refractivity contribution in [3.63, 3.8) is 0 Å². The lowest BCUT2D eigenvalue weighted by Gasteiger charge is -2.07. The number of carbonyl (C=O) groups is 2. The molecular weight excluding hydrogens is 390 g/mol. The highest BCUT2D eigenvalue weighted by atomic mass is 32.2. The Morgan fingerprint density at radius 1 is 1.31 bits per heavy atom. The van der Waals surface area contributed by atoms with Gasteiger partial charge in [-0.1, -0.05) is 18.2 Å². The van der Waals surface area contributed by atoms with Crippen molar-refractivity contribution >= 4 is 41.4 Å². The summed E-state index contributed by atoms with van der Waals surface area (Å²) in [6.45, 7) is 0. The fraction of sp³-hybridized carbons (Fsp3) is 0.200. The molecule has 3 rings (SSSR count). The minimum Gasteiger partial charge on any atom is -0.496 e. The summed E-state index contributed by atoms with van der Waals surface area (Å²) < 4.78 is 5.24. The number of hydrogen-bond acceptors (Lipinski definition) is 7. The number of hydrazone groups is 1. The standard InChI is InChI=1S/C20H21N5O3S/c1-28-17-9-4-3-6-13(17)12-21-25-20-23-16(19(27)24-20)11-18(26)22-14-7-5-8-15(10-14)29-2/h3-10,12,16H,11H2,1-2H3,(H,22,26)(H2,23,24,25,27)/b21-12-/t16-/m0/s1. The summed E-state index contributed by atoms with van der Waals surface area (Å²) in [5, 5.41) is 9.43. The Hall–Kier alpha value is -3.33. The first kappa shape index (κ1) is 20.4. The van der Waals surface area contributed by atoms with E-state index in [1.807, 2.05) is 48.7 Å². The normalized spacial score (nSPS) is 15.7. The molecule has 150 valence electrons. The maximum atomic E-state index is 12.3. The van der Waals surface area contributed by atoms with E-state index >= 15 is 0 Å². The number of hydrogen-bond donors (Lipinski definition) is 3. The van der Waals surface area contributed by atoms with Crippen molar-refractivity contribution in [1.29, 1.82) is 0 Å². The summed E-state index contributed by atoms with van der Waals surface area (Å²) in [6, 6.07) is 14.1. The maximum absolute atomic E-state index is 12.3. The Morgan fingerprint density at radius 2 is 2.14 bits per heavy atom. The molecule has 1 aliphatic rings. The molecule has 0 saturated heterocycles. The lowest BCUT2D eigenvalue weighted by molar-refractivity contribution is -0.123. The number of benzene rings is 2. The van der Waals surface area contributed by atoms with Crippen molar-refractivity contribution < 1.29 is 14.3 Å². The van der Waals surface area contributed by atoms with Crippen molar-refractivity contribution in [2.45, 2.75) is 17.4 Å². The highest BCUT2D eigenvalue weighted by Gasteiger charge is 2.28. The van der Waals surface area contributed by atoms with Crippen molar-refractivity contribution in [2.75, 3.05) is 18.7 Å². The molecule has 0 saturated carbocycles. The van der Waals surface area contributed by atoms with Crippen molar-refractivity contribution in [3.05, 3.63) is 54.1 Å². The smallest absolute Gasteiger partial charge is 0.252 e. The van der Waals surface area contributed by atoms with Gasteiger partial charge in [0.25, 0.3) is 5.91 Å². The first-order valence-corrected chi connectivity index (χ1v) is 10.1. The van der Waals surface area contributed by atoms with Crippen LogP contribution in [0.2, 0.25) is 0 Å². The Kier molecular flexibility index (Phi) is 6.85. The van der Waals surface area contributed by atoms with Gasteiger partial charge in [-0.3, -0.25) is 14.9 Å². The Morgan fingerprint density at radius 3 is 2.93 bits per heavy atom. The van der Waals surface area contributed by atoms with Gasteiger partial charge in [0.2, 0.25) is 11.9 Å². The number of carbonyl (C=O) groups excluding carboxylic acids is 2. The van der Waals surface area contributed by atoms with Crippen LogP contribution in [-0.2, 0) is 9.59 Å². The summed E-state index contributed by atoms with van der Waals surface area (Å²) in [5.74, 6) is 0.234. The van der Waals surface area contributed by atoms with Crippen LogP contribution in [0.1, 0.15) is 12.0 Å². The predicted molar refractivity (Wildman–Crippen MR) is 115 cm³/mol. The molecule has 0 fully saturated rings. The van der Waals surface area contributed by atoms with Crippen LogP contribution in [0.5, 0.6) is 5.75 Å². The third kappa shape index (κ3) is 5.58. The van der Waals surface area contributed by atoms with Gasteiger partial charge in [-0.05, 0) is 36.6 Å². The van der Waals surface area contributed by atoms with Gasteiger partial charge >= 0.3 is 0 Å². The van der Waals surface area contributed by atoms with Gasteiger partial charge in [-0.2, -0.15) is 5.10 Å². The van der Waals surface area contributed by atoms with Crippen molar-refractivity contribution in [1.82, 2.24) is 10.7 Å². The third-order valence-electron chi connectivity index (χ3n) is 4.07. The summed E-state index contributed by atoms with van der Waals surface area (Å²) in [4.78, 5) is 29.6. The van der Waals surface area contributed by atoms with Gasteiger partial charge in [0.15, 0.2) is 0 Å². The number of para-hydroxylation sites is 1. The lowest BCUT2D eigenvalue weighted by atomic mass is 10.2. The average molecular weight is 411 g/mol. The van der Waals surface area contributed by atoms with E-state index in [4.69, 9.17) is 4.74 Å². The molecule has 29 heavy (non-hydrogen) atoms. The van der Waals surface area contributed by atoms with Gasteiger partial charge < -0.3 is 10.1 Å². The van der Waals surface area contributed by atoms with Crippen LogP contribution < -0.4 is 20.8 Å². The maximum Gasteiger partial charge on any atom is 0.252 e. The van der Waals surface area contributed by atoms with Crippen LogP contribution in [0.15, 0.2) is 63.5 Å². The highest BCUT2D eigenvalue weighted by Crippen LogP contribution is 2.19. The molecule has 0 bridgehead atoms. The van der Waals surface area contributed by atoms with Gasteiger partial charge in [-0.15, -0.1) is 11.8 Å². The zero-order chi connectivity index (χ0) is 20.6. The van der Waals surface area contributed by atoms with Crippen LogP contribution in [0.3, 0.4) is 0 Å². The molecule has 3 N–H and O–H groups in total. The summed E-state index contributed by atoms with van der Waals surface area (Å²) >= 11 is 1.59. The number of nitrogens with zero attached hydrogens (tertiary/aromatic N) is 2. The molecule has 0 spiro atoms. The van der Waals surface area contributed by atoms with Gasteiger partial charge in [0.1, 0.15) is 11.8 Å². The molecule has 1 aliphatic heterocycles. The molecule has 0 aliphatic carbocycles. The zero-order valence-electron chi connectivity index (χ0n) is 16.0. The molecule has 8 nitrogen and oxygen atoms in total. The van der Waals surface area contributed by atoms with E-state index in [0.29, 0.717) is 11.4 Å². The fourth-order valence-electron chi connectivity index (χ4n) is 2.67. The number of nitrogens with one attached hydrogen (secondary N) is 3. The third-order valence-corrected chi connectivity index (χ3v) is 4.80. The molecule has 2 aromatic rings. The largest absolute Gasteiger partial charge is 0.496 e. The van der Waals surface area contributed by atoms with Crippen LogP contribution in [0.4, 0.5) is 5.69 Å². The van der Waals surface area contributed by atoms with E-state index in [2.05, 4.69) is 26.2 Å². The second kappa shape index (κ2) is 9.74. The molecule has 1 heterocycles. The van der Waals surface area contributed by atoms with Gasteiger partial charge in [-0.25, -0.2) is 10.4 Å². The van der Waals surface area contributed by atoms with E-state index in [1.54, 1.807) is 31.2 Å². The SMILES string of the molecule is COc1ccccc1/C=N\NC1=N[C@@H](CC(=O)Nc2cccc(SC)c2)C(=O)N1. The number of guanidine groups is 1. The molecule has 0 aromatic heterocycles. The second-order valence-corrected chi connectivity index (χ2v) is 6.96. The van der Waals surface area contributed by atoms with Crippen LogP contribution in [-0.4, -0.2) is 43.4 Å². The quantitative estimate of drug-likeness (QED) is 0.368. The van der Waals surface area contributed by atoms with E-state index in [1.165, 1.54) is 0 Å². The summed E-state index contributed by atoms with van der Waals surface area (Å²) in [6.07, 6.45) is 3.46. The number of rotatable bonds is 7. The first-order valence-electron chi connectivity index (χ1n) is 8.83. The van der Waals surface area contributed by atoms with Crippen molar-refractivity contribution in [2.24, 2.45) is 10.1 Å². The minimum atomic E-state index is -0.803. The number of thioether (sulfide) groups is 1. The molecule has 9 heteroatoms. The lowest BCUT2D eigenvalue weighted by Crippen LogP contribution is -2.35. The molecule has 2 amide bonds. The number of aliphatic imine (C=N–C) groups is 1. The van der Waals surface area contributed by atoms with E-state index in [-0.39, 0.29) is 24.2 Å². The Labute approximate surface area is 172 Å². The second-order valence-electron chi connectivity index (χ2n) is 6.08. The minimum absolute atomic E-state index is 0.0588.